The number of halogens is 1. The van der Waals surface area contributed by atoms with Gasteiger partial charge in [-0.2, -0.15) is 0 Å². The van der Waals surface area contributed by atoms with Crippen LogP contribution in [0, 0.1) is 17.2 Å². The minimum Gasteiger partial charge on any atom is -0.477 e. The Morgan fingerprint density at radius 2 is 2.00 bits per heavy atom. The third-order valence-corrected chi connectivity index (χ3v) is 7.57. The third kappa shape index (κ3) is 5.05. The van der Waals surface area contributed by atoms with Crippen molar-refractivity contribution in [2.75, 3.05) is 26.2 Å². The second-order valence-electron chi connectivity index (χ2n) is 8.39. The number of hydrogen-bond acceptors (Lipinski definition) is 7. The molecule has 3 aliphatic rings. The second kappa shape index (κ2) is 10.9. The number of hydrogen-bond donors (Lipinski definition) is 5. The van der Waals surface area contributed by atoms with Crippen LogP contribution in [-0.4, -0.2) is 87.2 Å². The van der Waals surface area contributed by atoms with Crippen LogP contribution in [0.2, 0.25) is 0 Å². The molecule has 10 nitrogen and oxygen atoms in total. The molecule has 3 heterocycles. The average molecular weight is 490 g/mol. The van der Waals surface area contributed by atoms with Crippen LogP contribution in [-0.2, 0) is 14.4 Å². The minimum atomic E-state index is -1.13. The highest BCUT2D eigenvalue weighted by atomic mass is 35.5. The van der Waals surface area contributed by atoms with Gasteiger partial charge in [-0.1, -0.05) is 6.92 Å². The van der Waals surface area contributed by atoms with Gasteiger partial charge in [-0.05, 0) is 26.3 Å². The van der Waals surface area contributed by atoms with Crippen LogP contribution in [0.25, 0.3) is 0 Å². The van der Waals surface area contributed by atoms with Crippen molar-refractivity contribution in [1.82, 2.24) is 15.1 Å². The van der Waals surface area contributed by atoms with Gasteiger partial charge in [0.15, 0.2) is 0 Å². The number of nitrogens with two attached hydrogens (primary N) is 1. The van der Waals surface area contributed by atoms with Crippen molar-refractivity contribution in [2.45, 2.75) is 50.5 Å². The molecular formula is C20H32ClN5O5S. The summed E-state index contributed by atoms with van der Waals surface area (Å²) in [7, 11) is 0. The minimum absolute atomic E-state index is 0. The van der Waals surface area contributed by atoms with E-state index in [1.54, 1.807) is 11.8 Å². The maximum Gasteiger partial charge on any atom is 0.353 e. The summed E-state index contributed by atoms with van der Waals surface area (Å²) in [5.74, 6) is -2.16. The predicted molar refractivity (Wildman–Crippen MR) is 123 cm³/mol. The number of carbonyl (C=O) groups is 3. The Morgan fingerprint density at radius 1 is 1.34 bits per heavy atom. The van der Waals surface area contributed by atoms with E-state index in [2.05, 4.69) is 5.32 Å². The summed E-state index contributed by atoms with van der Waals surface area (Å²) in [4.78, 5) is 40.0. The molecule has 0 saturated carbocycles. The Morgan fingerprint density at radius 3 is 2.56 bits per heavy atom. The standard InChI is InChI=1S/C20H31N5O5S.ClH/c1-10-16-15(11(2)26)19(28)25(16)17(20(29)30)18(10)31-12-8-24(9-12)13(22)7-14(27)23-6-4-3-5-21;/h10-12,15-16,22,26H,3-9,21H2,1-2H3,(H,23,27)(H,29,30);1H/t10-,11-,15-,16-;/m1./s1. The molecule has 2 fully saturated rings. The van der Waals surface area contributed by atoms with Crippen molar-refractivity contribution in [3.8, 4) is 0 Å². The molecule has 4 atom stereocenters. The van der Waals surface area contributed by atoms with Crippen LogP contribution in [0.1, 0.15) is 33.1 Å². The first kappa shape index (κ1) is 26.4. The van der Waals surface area contributed by atoms with Gasteiger partial charge in [-0.25, -0.2) is 4.79 Å². The normalized spacial score (nSPS) is 25.5. The molecule has 0 aromatic carbocycles. The highest BCUT2D eigenvalue weighted by Gasteiger charge is 2.60. The van der Waals surface area contributed by atoms with Crippen molar-refractivity contribution in [3.05, 3.63) is 10.6 Å². The second-order valence-corrected chi connectivity index (χ2v) is 9.73. The Labute approximate surface area is 197 Å². The fourth-order valence-corrected chi connectivity index (χ4v) is 5.93. The molecule has 2 saturated heterocycles. The molecule has 180 valence electrons. The average Bonchev–Trinajstić information content (AvgIpc) is 2.89. The maximum absolute atomic E-state index is 12.4. The number of thioether (sulfide) groups is 1. The van der Waals surface area contributed by atoms with E-state index in [-0.39, 0.29) is 59.4 Å². The highest BCUT2D eigenvalue weighted by molar-refractivity contribution is 8.03. The highest BCUT2D eigenvalue weighted by Crippen LogP contribution is 2.51. The topological polar surface area (TPSA) is 160 Å². The van der Waals surface area contributed by atoms with Crippen molar-refractivity contribution >= 4 is 47.8 Å². The summed E-state index contributed by atoms with van der Waals surface area (Å²) in [5.41, 5.74) is 5.44. The number of rotatable bonds is 10. The number of fused-ring (bicyclic) bond motifs is 1. The van der Waals surface area contributed by atoms with Crippen molar-refractivity contribution in [2.24, 2.45) is 17.6 Å². The van der Waals surface area contributed by atoms with E-state index in [4.69, 9.17) is 11.1 Å². The molecule has 0 unspecified atom stereocenters. The predicted octanol–water partition coefficient (Wildman–Crippen LogP) is 0.202. The van der Waals surface area contributed by atoms with E-state index < -0.39 is 18.0 Å². The van der Waals surface area contributed by atoms with E-state index in [9.17, 15) is 24.6 Å². The molecule has 3 rings (SSSR count). The number of nitrogens with one attached hydrogen (secondary N) is 2. The Bertz CT molecular complexity index is 801. The molecule has 0 aliphatic carbocycles. The first-order valence-electron chi connectivity index (χ1n) is 10.6. The van der Waals surface area contributed by atoms with Gasteiger partial charge in [0.05, 0.1) is 24.5 Å². The van der Waals surface area contributed by atoms with E-state index in [0.717, 1.165) is 12.8 Å². The third-order valence-electron chi connectivity index (χ3n) is 6.12. The van der Waals surface area contributed by atoms with Gasteiger partial charge in [-0.15, -0.1) is 24.2 Å². The zero-order valence-corrected chi connectivity index (χ0v) is 19.9. The largest absolute Gasteiger partial charge is 0.477 e. The maximum atomic E-state index is 12.4. The summed E-state index contributed by atoms with van der Waals surface area (Å²) in [6, 6.07) is -0.321. The number of unbranched alkanes of at least 4 members (excludes halogenated alkanes) is 1. The fourth-order valence-electron chi connectivity index (χ4n) is 4.41. The molecule has 0 aromatic rings. The number of nitrogens with zero attached hydrogens (tertiary/aromatic N) is 2. The molecule has 0 aromatic heterocycles. The number of likely N-dealkylation sites (tertiary alicyclic amines) is 1. The van der Waals surface area contributed by atoms with Gasteiger partial charge in [0.2, 0.25) is 11.8 Å². The van der Waals surface area contributed by atoms with Crippen LogP contribution < -0.4 is 11.1 Å². The molecular weight excluding hydrogens is 458 g/mol. The number of carboxylic acids is 1. The van der Waals surface area contributed by atoms with Crippen molar-refractivity contribution < 1.29 is 24.6 Å². The van der Waals surface area contributed by atoms with E-state index in [0.29, 0.717) is 31.1 Å². The monoisotopic (exact) mass is 489 g/mol. The molecule has 0 radical (unpaired) electrons. The number of amidine groups is 1. The summed E-state index contributed by atoms with van der Waals surface area (Å²) in [5, 5.41) is 30.6. The molecule has 0 spiro atoms. The number of aliphatic carboxylic acids is 1. The van der Waals surface area contributed by atoms with E-state index >= 15 is 0 Å². The number of aliphatic hydroxyl groups excluding tert-OH is 1. The van der Waals surface area contributed by atoms with Gasteiger partial charge in [-0.3, -0.25) is 15.0 Å². The lowest BCUT2D eigenvalue weighted by Crippen LogP contribution is -2.63. The number of β-lactam (4-membered cyclic amide) rings is 1. The molecule has 12 heteroatoms. The SMILES string of the molecule is C[C@@H](O)[C@H]1C(=O)N2C(C(=O)O)=C(SC3CN(C(=N)CC(=O)NCCCCN)C3)[C@H](C)[C@H]12.Cl. The van der Waals surface area contributed by atoms with Gasteiger partial charge in [0.25, 0.3) is 0 Å². The van der Waals surface area contributed by atoms with Crippen LogP contribution in [0.15, 0.2) is 10.6 Å². The molecule has 2 amide bonds. The van der Waals surface area contributed by atoms with Crippen LogP contribution in [0.5, 0.6) is 0 Å². The summed E-state index contributed by atoms with van der Waals surface area (Å²) < 4.78 is 0. The Balaban J connectivity index is 0.00000363. The number of aliphatic hydroxyl groups is 1. The molecule has 3 aliphatic heterocycles. The molecule has 0 bridgehead atoms. The zero-order valence-electron chi connectivity index (χ0n) is 18.2. The van der Waals surface area contributed by atoms with Gasteiger partial charge in [0, 0.05) is 35.7 Å². The fraction of sp³-hybridized carbons (Fsp3) is 0.700. The zero-order chi connectivity index (χ0) is 22.9. The Kier molecular flexibility index (Phi) is 8.98. The van der Waals surface area contributed by atoms with Gasteiger partial charge >= 0.3 is 5.97 Å². The lowest BCUT2D eigenvalue weighted by molar-refractivity contribution is -0.163. The number of carboxylic acid groups (broad SMARTS) is 1. The van der Waals surface area contributed by atoms with Gasteiger partial charge in [0.1, 0.15) is 11.5 Å². The van der Waals surface area contributed by atoms with Crippen LogP contribution in [0.4, 0.5) is 0 Å². The number of carbonyl (C=O) groups excluding carboxylic acids is 2. The summed E-state index contributed by atoms with van der Waals surface area (Å²) in [6.45, 7) is 5.68. The molecule has 32 heavy (non-hydrogen) atoms. The van der Waals surface area contributed by atoms with Crippen LogP contribution in [0.3, 0.4) is 0 Å². The first-order chi connectivity index (χ1) is 14.7. The first-order valence-corrected chi connectivity index (χ1v) is 11.5. The Hall–Kier alpha value is -1.82. The van der Waals surface area contributed by atoms with Crippen molar-refractivity contribution in [3.63, 3.8) is 0 Å². The van der Waals surface area contributed by atoms with Crippen LogP contribution >= 0.6 is 24.2 Å². The summed E-state index contributed by atoms with van der Waals surface area (Å²) in [6.07, 6.45) is 0.849. The lowest BCUT2D eigenvalue weighted by Gasteiger charge is -2.46. The van der Waals surface area contributed by atoms with Gasteiger partial charge < -0.3 is 31.1 Å². The lowest BCUT2D eigenvalue weighted by atomic mass is 9.79. The molecule has 6 N–H and O–H groups in total. The van der Waals surface area contributed by atoms with Crippen molar-refractivity contribution in [1.29, 1.82) is 5.41 Å². The quantitative estimate of drug-likeness (QED) is 0.126. The van der Waals surface area contributed by atoms with E-state index in [1.165, 1.54) is 16.7 Å². The number of amides is 2. The smallest absolute Gasteiger partial charge is 0.353 e. The summed E-state index contributed by atoms with van der Waals surface area (Å²) >= 11 is 1.43. The van der Waals surface area contributed by atoms with E-state index in [1.807, 2.05) is 6.92 Å².